The highest BCUT2D eigenvalue weighted by atomic mass is 16.6. The normalized spacial score (nSPS) is 13.0. The van der Waals surface area contributed by atoms with E-state index in [1.54, 1.807) is 31.6 Å². The topological polar surface area (TPSA) is 150 Å². The zero-order chi connectivity index (χ0) is 25.6. The van der Waals surface area contributed by atoms with Crippen LogP contribution in [0.4, 0.5) is 11.4 Å². The summed E-state index contributed by atoms with van der Waals surface area (Å²) in [4.78, 5) is 62.5. The summed E-state index contributed by atoms with van der Waals surface area (Å²) < 4.78 is 6.77. The molecule has 1 aliphatic rings. The SMILES string of the molecule is Cc1nn(C)c(C)c1NC(=O)C(C)OC(=O)c1ccc2c(c1[N+](=O)[O-])C(=O)c1ccccc1C2=O. The molecule has 4 rings (SSSR count). The van der Waals surface area contributed by atoms with Gasteiger partial charge < -0.3 is 10.1 Å². The number of nitrogens with one attached hydrogen (secondary N) is 1. The fourth-order valence-corrected chi connectivity index (χ4v) is 3.98. The summed E-state index contributed by atoms with van der Waals surface area (Å²) in [5, 5.41) is 18.8. The lowest BCUT2D eigenvalue weighted by Crippen LogP contribution is -2.31. The maximum Gasteiger partial charge on any atom is 0.345 e. The van der Waals surface area contributed by atoms with E-state index in [0.717, 1.165) is 6.07 Å². The van der Waals surface area contributed by atoms with Crippen molar-refractivity contribution in [1.29, 1.82) is 0 Å². The average Bonchev–Trinajstić information content (AvgIpc) is 3.07. The van der Waals surface area contributed by atoms with Crippen molar-refractivity contribution in [3.8, 4) is 0 Å². The molecule has 1 aliphatic carbocycles. The number of esters is 1. The number of anilines is 1. The largest absolute Gasteiger partial charge is 0.449 e. The van der Waals surface area contributed by atoms with Gasteiger partial charge in [0.2, 0.25) is 5.78 Å². The number of carbonyl (C=O) groups is 4. The van der Waals surface area contributed by atoms with Gasteiger partial charge >= 0.3 is 5.97 Å². The molecule has 178 valence electrons. The van der Waals surface area contributed by atoms with Crippen LogP contribution in [0.25, 0.3) is 0 Å². The van der Waals surface area contributed by atoms with Crippen molar-refractivity contribution in [2.24, 2.45) is 7.05 Å². The molecule has 1 amide bonds. The quantitative estimate of drug-likeness (QED) is 0.262. The number of carbonyl (C=O) groups excluding carboxylic acids is 4. The Hall–Kier alpha value is -4.67. The Morgan fingerprint density at radius 1 is 1.06 bits per heavy atom. The molecule has 0 radical (unpaired) electrons. The maximum atomic E-state index is 13.1. The van der Waals surface area contributed by atoms with Crippen LogP contribution in [-0.2, 0) is 16.6 Å². The summed E-state index contributed by atoms with van der Waals surface area (Å²) in [6.07, 6.45) is -1.32. The van der Waals surface area contributed by atoms with Gasteiger partial charge in [0.25, 0.3) is 11.6 Å². The lowest BCUT2D eigenvalue weighted by molar-refractivity contribution is -0.385. The minimum absolute atomic E-state index is 0.00794. The Morgan fingerprint density at radius 3 is 2.26 bits per heavy atom. The molecule has 1 atom stereocenters. The highest BCUT2D eigenvalue weighted by Gasteiger charge is 2.39. The van der Waals surface area contributed by atoms with Crippen LogP contribution in [0.15, 0.2) is 36.4 Å². The minimum atomic E-state index is -1.32. The van der Waals surface area contributed by atoms with Crippen LogP contribution in [0.2, 0.25) is 0 Å². The van der Waals surface area contributed by atoms with Gasteiger partial charge in [0.05, 0.1) is 22.0 Å². The second-order valence-electron chi connectivity index (χ2n) is 8.05. The van der Waals surface area contributed by atoms with Gasteiger partial charge in [-0.2, -0.15) is 5.10 Å². The molecular formula is C24H20N4O7. The van der Waals surface area contributed by atoms with Crippen molar-refractivity contribution in [3.63, 3.8) is 0 Å². The van der Waals surface area contributed by atoms with Crippen LogP contribution >= 0.6 is 0 Å². The third kappa shape index (κ3) is 3.86. The highest BCUT2D eigenvalue weighted by molar-refractivity contribution is 6.30. The molecular weight excluding hydrogens is 456 g/mol. The summed E-state index contributed by atoms with van der Waals surface area (Å²) in [5.41, 5.74) is -0.196. The lowest BCUT2D eigenvalue weighted by Gasteiger charge is -2.19. The first-order valence-corrected chi connectivity index (χ1v) is 10.5. The summed E-state index contributed by atoms with van der Waals surface area (Å²) in [5.74, 6) is -3.16. The number of aromatic nitrogens is 2. The third-order valence-corrected chi connectivity index (χ3v) is 5.88. The van der Waals surface area contributed by atoms with E-state index in [0.29, 0.717) is 17.1 Å². The molecule has 1 N–H and O–H groups in total. The molecule has 1 aromatic heterocycles. The fourth-order valence-electron chi connectivity index (χ4n) is 3.98. The van der Waals surface area contributed by atoms with E-state index in [9.17, 15) is 29.3 Å². The highest BCUT2D eigenvalue weighted by Crippen LogP contribution is 2.36. The number of aryl methyl sites for hydroxylation is 2. The molecule has 0 saturated carbocycles. The van der Waals surface area contributed by atoms with Crippen LogP contribution in [0.5, 0.6) is 0 Å². The van der Waals surface area contributed by atoms with Crippen molar-refractivity contribution in [3.05, 3.63) is 85.7 Å². The molecule has 0 aliphatic heterocycles. The van der Waals surface area contributed by atoms with E-state index in [1.165, 1.54) is 31.2 Å². The van der Waals surface area contributed by atoms with Crippen molar-refractivity contribution >= 4 is 34.8 Å². The molecule has 1 unspecified atom stereocenters. The standard InChI is InChI=1S/C24H20N4O7/c1-11-19(12(2)27(4)26-11)25-23(31)13(3)35-24(32)17-10-9-16-18(20(17)28(33)34)22(30)15-8-6-5-7-14(15)21(16)29/h5-10,13H,1-4H3,(H,25,31). The number of benzene rings is 2. The number of nitro groups is 1. The van der Waals surface area contributed by atoms with Gasteiger partial charge in [0, 0.05) is 23.7 Å². The van der Waals surface area contributed by atoms with E-state index in [-0.39, 0.29) is 16.7 Å². The Labute approximate surface area is 198 Å². The number of hydrogen-bond donors (Lipinski definition) is 1. The Balaban J connectivity index is 1.66. The molecule has 11 heteroatoms. The average molecular weight is 476 g/mol. The second kappa shape index (κ2) is 8.60. The van der Waals surface area contributed by atoms with E-state index in [4.69, 9.17) is 4.74 Å². The summed E-state index contributed by atoms with van der Waals surface area (Å²) >= 11 is 0. The molecule has 0 fully saturated rings. The molecule has 11 nitrogen and oxygen atoms in total. The zero-order valence-corrected chi connectivity index (χ0v) is 19.2. The van der Waals surface area contributed by atoms with Gasteiger partial charge in [-0.25, -0.2) is 4.79 Å². The van der Waals surface area contributed by atoms with Crippen LogP contribution in [-0.4, -0.2) is 44.3 Å². The number of fused-ring (bicyclic) bond motifs is 2. The third-order valence-electron chi connectivity index (χ3n) is 5.88. The first kappa shape index (κ1) is 23.5. The number of rotatable bonds is 5. The molecule has 2 aromatic carbocycles. The van der Waals surface area contributed by atoms with Gasteiger partial charge in [-0.3, -0.25) is 29.2 Å². The summed E-state index contributed by atoms with van der Waals surface area (Å²) in [7, 11) is 1.71. The van der Waals surface area contributed by atoms with E-state index < -0.39 is 51.3 Å². The van der Waals surface area contributed by atoms with Crippen LogP contribution in [0, 0.1) is 24.0 Å². The number of amides is 1. The zero-order valence-electron chi connectivity index (χ0n) is 19.2. The first-order chi connectivity index (χ1) is 16.5. The Bertz CT molecular complexity index is 1450. The van der Waals surface area contributed by atoms with Crippen LogP contribution in [0.3, 0.4) is 0 Å². The van der Waals surface area contributed by atoms with Gasteiger partial charge in [-0.15, -0.1) is 0 Å². The minimum Gasteiger partial charge on any atom is -0.449 e. The van der Waals surface area contributed by atoms with Gasteiger partial charge in [0.15, 0.2) is 11.9 Å². The van der Waals surface area contributed by atoms with Crippen molar-refractivity contribution in [2.75, 3.05) is 5.32 Å². The summed E-state index contributed by atoms with van der Waals surface area (Å²) in [6, 6.07) is 8.20. The molecule has 0 saturated heterocycles. The van der Waals surface area contributed by atoms with Crippen LogP contribution < -0.4 is 5.32 Å². The smallest absolute Gasteiger partial charge is 0.345 e. The van der Waals surface area contributed by atoms with Gasteiger partial charge in [-0.1, -0.05) is 24.3 Å². The monoisotopic (exact) mass is 476 g/mol. The van der Waals surface area contributed by atoms with Crippen molar-refractivity contribution in [2.45, 2.75) is 26.9 Å². The Kier molecular flexibility index (Phi) is 5.77. The second-order valence-corrected chi connectivity index (χ2v) is 8.05. The van der Waals surface area contributed by atoms with E-state index >= 15 is 0 Å². The predicted molar refractivity (Wildman–Crippen MR) is 123 cm³/mol. The van der Waals surface area contributed by atoms with E-state index in [1.807, 2.05) is 0 Å². The molecule has 0 spiro atoms. The van der Waals surface area contributed by atoms with Crippen molar-refractivity contribution < 1.29 is 28.8 Å². The van der Waals surface area contributed by atoms with Gasteiger partial charge in [0.1, 0.15) is 11.1 Å². The number of nitrogens with zero attached hydrogens (tertiary/aromatic N) is 3. The molecule has 0 bridgehead atoms. The van der Waals surface area contributed by atoms with E-state index in [2.05, 4.69) is 10.4 Å². The molecule has 3 aromatic rings. The number of ketones is 2. The first-order valence-electron chi connectivity index (χ1n) is 10.5. The number of hydrogen-bond acceptors (Lipinski definition) is 8. The molecule has 35 heavy (non-hydrogen) atoms. The fraction of sp³-hybridized carbons (Fsp3) is 0.208. The van der Waals surface area contributed by atoms with Crippen molar-refractivity contribution in [1.82, 2.24) is 9.78 Å². The number of nitro benzene ring substituents is 1. The summed E-state index contributed by atoms with van der Waals surface area (Å²) in [6.45, 7) is 4.76. The predicted octanol–water partition coefficient (Wildman–Crippen LogP) is 2.90. The van der Waals surface area contributed by atoms with Gasteiger partial charge in [-0.05, 0) is 32.9 Å². The molecule has 1 heterocycles. The number of ether oxygens (including phenoxy) is 1. The Morgan fingerprint density at radius 2 is 1.69 bits per heavy atom. The van der Waals surface area contributed by atoms with Crippen LogP contribution in [0.1, 0.15) is 60.5 Å². The maximum absolute atomic E-state index is 13.1. The lowest BCUT2D eigenvalue weighted by atomic mass is 9.82.